The van der Waals surface area contributed by atoms with E-state index in [2.05, 4.69) is 16.3 Å². The van der Waals surface area contributed by atoms with Gasteiger partial charge in [-0.2, -0.15) is 5.26 Å². The molecule has 0 atom stereocenters. The van der Waals surface area contributed by atoms with E-state index in [1.54, 1.807) is 41.3 Å². The van der Waals surface area contributed by atoms with Crippen LogP contribution in [0.4, 0.5) is 5.69 Å². The minimum atomic E-state index is -0.326. The first-order valence-electron chi connectivity index (χ1n) is 11.8. The van der Waals surface area contributed by atoms with E-state index in [4.69, 9.17) is 28.5 Å². The maximum Gasteiger partial charge on any atom is 0.254 e. The number of likely N-dealkylation sites (tertiary alicyclic amines) is 1. The van der Waals surface area contributed by atoms with Crippen LogP contribution in [0.3, 0.4) is 0 Å². The molecule has 36 heavy (non-hydrogen) atoms. The first kappa shape index (κ1) is 25.7. The quantitative estimate of drug-likeness (QED) is 0.412. The van der Waals surface area contributed by atoms with E-state index in [1.165, 1.54) is 0 Å². The van der Waals surface area contributed by atoms with Crippen LogP contribution in [0.15, 0.2) is 66.7 Å². The SMILES string of the molecule is N#Cc1cccc(-c2ccc(C(=O)N(CCN3CCCC3)CC(=O)Nc3cc(Cl)cc(Cl)c3)cc2)c1. The van der Waals surface area contributed by atoms with Gasteiger partial charge in [-0.15, -0.1) is 0 Å². The van der Waals surface area contributed by atoms with Crippen LogP contribution in [0.5, 0.6) is 0 Å². The largest absolute Gasteiger partial charge is 0.328 e. The number of carbonyl (C=O) groups is 2. The number of amides is 2. The van der Waals surface area contributed by atoms with Crippen LogP contribution in [0.1, 0.15) is 28.8 Å². The minimum Gasteiger partial charge on any atom is -0.328 e. The molecule has 0 unspecified atom stereocenters. The number of nitrogens with zero attached hydrogens (tertiary/aromatic N) is 3. The summed E-state index contributed by atoms with van der Waals surface area (Å²) >= 11 is 12.1. The first-order valence-corrected chi connectivity index (χ1v) is 12.5. The third-order valence-corrected chi connectivity index (χ3v) is 6.55. The number of nitrogens with one attached hydrogen (secondary N) is 1. The zero-order valence-corrected chi connectivity index (χ0v) is 21.2. The van der Waals surface area contributed by atoms with Gasteiger partial charge in [0.05, 0.1) is 11.6 Å². The van der Waals surface area contributed by atoms with Crippen molar-refractivity contribution in [3.8, 4) is 17.2 Å². The van der Waals surface area contributed by atoms with Gasteiger partial charge in [0.25, 0.3) is 5.91 Å². The van der Waals surface area contributed by atoms with Crippen molar-refractivity contribution < 1.29 is 9.59 Å². The summed E-state index contributed by atoms with van der Waals surface area (Å²) in [7, 11) is 0. The molecule has 4 rings (SSSR count). The highest BCUT2D eigenvalue weighted by Gasteiger charge is 2.21. The predicted molar refractivity (Wildman–Crippen MR) is 143 cm³/mol. The normalized spacial score (nSPS) is 13.2. The molecule has 184 valence electrons. The summed E-state index contributed by atoms with van der Waals surface area (Å²) in [6, 6.07) is 21.5. The molecule has 3 aromatic rings. The Kier molecular flexibility index (Phi) is 8.61. The fourth-order valence-corrected chi connectivity index (χ4v) is 4.80. The average Bonchev–Trinajstić information content (AvgIpc) is 3.39. The van der Waals surface area contributed by atoms with Crippen molar-refractivity contribution in [3.05, 3.63) is 87.9 Å². The van der Waals surface area contributed by atoms with Crippen molar-refractivity contribution in [2.75, 3.05) is 38.0 Å². The molecule has 0 radical (unpaired) electrons. The van der Waals surface area contributed by atoms with Crippen molar-refractivity contribution in [2.24, 2.45) is 0 Å². The molecule has 1 saturated heterocycles. The second-order valence-corrected chi connectivity index (χ2v) is 9.62. The molecule has 3 aromatic carbocycles. The van der Waals surface area contributed by atoms with Gasteiger partial charge < -0.3 is 15.1 Å². The van der Waals surface area contributed by atoms with Crippen LogP contribution in [0.25, 0.3) is 11.1 Å². The molecule has 1 aliphatic rings. The van der Waals surface area contributed by atoms with E-state index < -0.39 is 0 Å². The Balaban J connectivity index is 1.49. The van der Waals surface area contributed by atoms with Crippen molar-refractivity contribution in [1.29, 1.82) is 5.26 Å². The Bertz CT molecular complexity index is 1260. The average molecular weight is 521 g/mol. The molecule has 0 bridgehead atoms. The Labute approximate surface area is 221 Å². The maximum atomic E-state index is 13.4. The Morgan fingerprint density at radius 1 is 0.944 bits per heavy atom. The lowest BCUT2D eigenvalue weighted by atomic mass is 10.0. The highest BCUT2D eigenvalue weighted by Crippen LogP contribution is 2.23. The Morgan fingerprint density at radius 3 is 2.31 bits per heavy atom. The Hall–Kier alpha value is -3.37. The number of halogens is 2. The van der Waals surface area contributed by atoms with Crippen LogP contribution in [0.2, 0.25) is 10.0 Å². The number of hydrogen-bond donors (Lipinski definition) is 1. The van der Waals surface area contributed by atoms with Gasteiger partial charge in [-0.05, 0) is 79.5 Å². The van der Waals surface area contributed by atoms with Crippen LogP contribution in [-0.4, -0.2) is 54.3 Å². The Morgan fingerprint density at radius 2 is 1.64 bits per heavy atom. The lowest BCUT2D eigenvalue weighted by Gasteiger charge is -2.25. The van der Waals surface area contributed by atoms with Gasteiger partial charge in [0.15, 0.2) is 0 Å². The van der Waals surface area contributed by atoms with Crippen molar-refractivity contribution in [2.45, 2.75) is 12.8 Å². The van der Waals surface area contributed by atoms with Gasteiger partial charge in [-0.25, -0.2) is 0 Å². The van der Waals surface area contributed by atoms with Crippen molar-refractivity contribution in [3.63, 3.8) is 0 Å². The molecule has 1 fully saturated rings. The van der Waals surface area contributed by atoms with Crippen molar-refractivity contribution >= 4 is 40.7 Å². The molecule has 0 spiro atoms. The number of anilines is 1. The van der Waals surface area contributed by atoms with Crippen LogP contribution >= 0.6 is 23.2 Å². The van der Waals surface area contributed by atoms with Crippen molar-refractivity contribution in [1.82, 2.24) is 9.80 Å². The van der Waals surface area contributed by atoms with Crippen LogP contribution in [-0.2, 0) is 4.79 Å². The molecule has 0 aliphatic carbocycles. The molecule has 1 heterocycles. The number of nitriles is 1. The standard InChI is InChI=1S/C28H26Cl2N4O2/c29-24-15-25(30)17-26(16-24)32-27(35)19-34(13-12-33-10-1-2-11-33)28(36)22-8-6-21(7-9-22)23-5-3-4-20(14-23)18-31/h3-9,14-17H,1-2,10-13,19H2,(H,32,35). The first-order chi connectivity index (χ1) is 17.4. The molecule has 6 nitrogen and oxygen atoms in total. The van der Waals surface area contributed by atoms with E-state index >= 15 is 0 Å². The predicted octanol–water partition coefficient (Wildman–Crippen LogP) is 5.71. The maximum absolute atomic E-state index is 13.4. The fourth-order valence-electron chi connectivity index (χ4n) is 4.28. The van der Waals surface area contributed by atoms with E-state index in [0.29, 0.717) is 39.9 Å². The monoisotopic (exact) mass is 520 g/mol. The third kappa shape index (κ3) is 6.86. The van der Waals surface area contributed by atoms with Gasteiger partial charge in [0.1, 0.15) is 6.54 Å². The summed E-state index contributed by atoms with van der Waals surface area (Å²) in [5.74, 6) is -0.543. The number of benzene rings is 3. The molecule has 0 aromatic heterocycles. The minimum absolute atomic E-state index is 0.0945. The lowest BCUT2D eigenvalue weighted by Crippen LogP contribution is -2.42. The van der Waals surface area contributed by atoms with Gasteiger partial charge in [-0.3, -0.25) is 9.59 Å². The zero-order chi connectivity index (χ0) is 25.5. The van der Waals surface area contributed by atoms with Gasteiger partial charge in [-0.1, -0.05) is 47.5 Å². The summed E-state index contributed by atoms with van der Waals surface area (Å²) in [5, 5.41) is 12.8. The second kappa shape index (κ2) is 12.0. The third-order valence-electron chi connectivity index (χ3n) is 6.11. The summed E-state index contributed by atoms with van der Waals surface area (Å²) in [5.41, 5.74) is 3.36. The molecule has 1 N–H and O–H groups in total. The second-order valence-electron chi connectivity index (χ2n) is 8.75. The zero-order valence-electron chi connectivity index (χ0n) is 19.7. The summed E-state index contributed by atoms with van der Waals surface area (Å²) in [6.07, 6.45) is 2.30. The van der Waals surface area contributed by atoms with E-state index in [9.17, 15) is 9.59 Å². The highest BCUT2D eigenvalue weighted by molar-refractivity contribution is 6.35. The molecular formula is C28H26Cl2N4O2. The van der Waals surface area contributed by atoms with Crippen LogP contribution < -0.4 is 5.32 Å². The number of carbonyl (C=O) groups excluding carboxylic acids is 2. The van der Waals surface area contributed by atoms with Crippen LogP contribution in [0, 0.1) is 11.3 Å². The van der Waals surface area contributed by atoms with E-state index in [-0.39, 0.29) is 18.4 Å². The summed E-state index contributed by atoms with van der Waals surface area (Å²) in [4.78, 5) is 30.2. The molecule has 2 amide bonds. The van der Waals surface area contributed by atoms with E-state index in [1.807, 2.05) is 30.3 Å². The summed E-state index contributed by atoms with van der Waals surface area (Å²) in [6.45, 7) is 3.07. The topological polar surface area (TPSA) is 76.4 Å². The van der Waals surface area contributed by atoms with E-state index in [0.717, 1.165) is 37.1 Å². The summed E-state index contributed by atoms with van der Waals surface area (Å²) < 4.78 is 0. The van der Waals surface area contributed by atoms with Gasteiger partial charge >= 0.3 is 0 Å². The lowest BCUT2D eigenvalue weighted by molar-refractivity contribution is -0.116. The van der Waals surface area contributed by atoms with Gasteiger partial charge in [0, 0.05) is 34.4 Å². The van der Waals surface area contributed by atoms with Gasteiger partial charge in [0.2, 0.25) is 5.91 Å². The molecule has 0 saturated carbocycles. The molecule has 8 heteroatoms. The fraction of sp³-hybridized carbons (Fsp3) is 0.250. The molecule has 1 aliphatic heterocycles. The number of rotatable bonds is 8. The number of hydrogen-bond acceptors (Lipinski definition) is 4. The molecular weight excluding hydrogens is 495 g/mol. The highest BCUT2D eigenvalue weighted by atomic mass is 35.5. The smallest absolute Gasteiger partial charge is 0.254 e.